The number of amides is 2. The molecule has 31 heavy (non-hydrogen) atoms. The van der Waals surface area contributed by atoms with Crippen LogP contribution in [0.2, 0.25) is 0 Å². The Kier molecular flexibility index (Phi) is 10.6. The van der Waals surface area contributed by atoms with Gasteiger partial charge in [-0.1, -0.05) is 48.3 Å². The first-order valence-electron chi connectivity index (χ1n) is 10.9. The van der Waals surface area contributed by atoms with Crippen LogP contribution in [0.25, 0.3) is 0 Å². The van der Waals surface area contributed by atoms with E-state index in [2.05, 4.69) is 45.6 Å². The van der Waals surface area contributed by atoms with E-state index in [4.69, 9.17) is 11.6 Å². The molecule has 0 radical (unpaired) electrons. The second-order valence-corrected chi connectivity index (χ2v) is 9.37. The number of aromatic nitrogens is 1. The van der Waals surface area contributed by atoms with Gasteiger partial charge in [-0.15, -0.1) is 11.6 Å². The van der Waals surface area contributed by atoms with Crippen LogP contribution in [0, 0.1) is 0 Å². The van der Waals surface area contributed by atoms with Crippen molar-refractivity contribution in [3.05, 3.63) is 58.3 Å². The molecule has 0 spiro atoms. The minimum absolute atomic E-state index is 0.0380. The third-order valence-electron chi connectivity index (χ3n) is 5.15. The molecule has 0 aliphatic heterocycles. The molecule has 2 aromatic rings. The summed E-state index contributed by atoms with van der Waals surface area (Å²) in [6.45, 7) is 8.30. The summed E-state index contributed by atoms with van der Waals surface area (Å²) < 4.78 is 3.23. The summed E-state index contributed by atoms with van der Waals surface area (Å²) in [4.78, 5) is 29.0. The Balaban J connectivity index is 2.13. The first-order valence-corrected chi connectivity index (χ1v) is 12.2. The molecule has 0 saturated carbocycles. The predicted molar refractivity (Wildman–Crippen MR) is 130 cm³/mol. The summed E-state index contributed by atoms with van der Waals surface area (Å²) in [5.41, 5.74) is 2.27. The van der Waals surface area contributed by atoms with E-state index in [0.717, 1.165) is 36.0 Å². The number of nitrogens with zero attached hydrogens (tertiary/aromatic N) is 3. The molecule has 1 aromatic heterocycles. The van der Waals surface area contributed by atoms with Gasteiger partial charge < -0.3 is 14.4 Å². The zero-order chi connectivity index (χ0) is 22.8. The fourth-order valence-electron chi connectivity index (χ4n) is 3.42. The molecule has 2 rings (SSSR count). The number of carbonyl (C=O) groups excluding carboxylic acids is 2. The summed E-state index contributed by atoms with van der Waals surface area (Å²) in [6, 6.07) is 12.3. The smallest absolute Gasteiger partial charge is 0.242 e. The van der Waals surface area contributed by atoms with Crippen molar-refractivity contribution in [1.29, 1.82) is 0 Å². The summed E-state index contributed by atoms with van der Waals surface area (Å²) in [5, 5.41) is -0.633. The highest BCUT2D eigenvalue weighted by atomic mass is 79.9. The van der Waals surface area contributed by atoms with E-state index in [1.54, 1.807) is 11.8 Å². The van der Waals surface area contributed by atoms with Gasteiger partial charge in [0.05, 0.1) is 13.1 Å². The number of hydrogen-bond acceptors (Lipinski definition) is 2. The molecule has 0 saturated heterocycles. The second-order valence-electron chi connectivity index (χ2n) is 7.80. The predicted octanol–water partition coefficient (Wildman–Crippen LogP) is 5.29. The van der Waals surface area contributed by atoms with Crippen LogP contribution in [0.3, 0.4) is 0 Å². The molecule has 0 N–H and O–H groups in total. The number of rotatable bonds is 12. The van der Waals surface area contributed by atoms with Gasteiger partial charge in [0.1, 0.15) is 5.38 Å². The monoisotopic (exact) mass is 509 g/mol. The lowest BCUT2D eigenvalue weighted by atomic mass is 10.2. The molecule has 1 heterocycles. The van der Waals surface area contributed by atoms with Crippen molar-refractivity contribution in [1.82, 2.24) is 14.4 Å². The second kappa shape index (κ2) is 12.9. The van der Waals surface area contributed by atoms with E-state index in [1.807, 2.05) is 36.2 Å². The van der Waals surface area contributed by atoms with Crippen LogP contribution in [0.5, 0.6) is 0 Å². The van der Waals surface area contributed by atoms with Crippen LogP contribution in [0.15, 0.2) is 47.1 Å². The number of halogens is 2. The Morgan fingerprint density at radius 3 is 2.39 bits per heavy atom. The third-order valence-corrected chi connectivity index (χ3v) is 5.86. The maximum absolute atomic E-state index is 13.2. The molecule has 1 atom stereocenters. The Morgan fingerprint density at radius 2 is 1.77 bits per heavy atom. The SMILES string of the molecule is CCCCN(Cc1cccn1Cc1ccc(Br)cc1)C(=O)CN(CCC)C(=O)C(C)Cl. The summed E-state index contributed by atoms with van der Waals surface area (Å²) >= 11 is 9.48. The molecule has 170 valence electrons. The topological polar surface area (TPSA) is 45.6 Å². The quantitative estimate of drug-likeness (QED) is 0.364. The van der Waals surface area contributed by atoms with Crippen molar-refractivity contribution in [2.24, 2.45) is 0 Å². The Hall–Kier alpha value is -1.79. The average molecular weight is 511 g/mol. The molecule has 5 nitrogen and oxygen atoms in total. The van der Waals surface area contributed by atoms with Gasteiger partial charge in [-0.2, -0.15) is 0 Å². The molecule has 1 aromatic carbocycles. The summed E-state index contributed by atoms with van der Waals surface area (Å²) in [7, 11) is 0. The number of hydrogen-bond donors (Lipinski definition) is 0. The van der Waals surface area contributed by atoms with E-state index in [-0.39, 0.29) is 18.4 Å². The van der Waals surface area contributed by atoms with Crippen LogP contribution in [-0.4, -0.2) is 51.2 Å². The molecular weight excluding hydrogens is 478 g/mol. The molecule has 7 heteroatoms. The van der Waals surface area contributed by atoms with Gasteiger partial charge in [0.15, 0.2) is 0 Å². The standard InChI is InChI=1S/C24H33BrClN3O2/c1-4-6-14-28(23(30)18-29(13-5-2)24(31)19(3)26)17-22-8-7-15-27(22)16-20-9-11-21(25)12-10-20/h7-12,15,19H,4-6,13-14,16-18H2,1-3H3. The largest absolute Gasteiger partial charge is 0.345 e. The highest BCUT2D eigenvalue weighted by Gasteiger charge is 2.24. The third kappa shape index (κ3) is 8.00. The lowest BCUT2D eigenvalue weighted by molar-refractivity contribution is -0.140. The lowest BCUT2D eigenvalue weighted by Crippen LogP contribution is -2.45. The highest BCUT2D eigenvalue weighted by molar-refractivity contribution is 9.10. The van der Waals surface area contributed by atoms with Crippen LogP contribution in [0.1, 0.15) is 51.3 Å². The van der Waals surface area contributed by atoms with Gasteiger partial charge in [-0.3, -0.25) is 9.59 Å². The van der Waals surface area contributed by atoms with Crippen LogP contribution < -0.4 is 0 Å². The van der Waals surface area contributed by atoms with Crippen molar-refractivity contribution < 1.29 is 9.59 Å². The van der Waals surface area contributed by atoms with E-state index < -0.39 is 5.38 Å². The van der Waals surface area contributed by atoms with Gasteiger partial charge in [0, 0.05) is 36.0 Å². The number of alkyl halides is 1. The number of unbranched alkanes of at least 4 members (excludes halogenated alkanes) is 1. The van der Waals surface area contributed by atoms with Crippen molar-refractivity contribution in [3.8, 4) is 0 Å². The molecule has 0 aliphatic carbocycles. The maximum Gasteiger partial charge on any atom is 0.242 e. The van der Waals surface area contributed by atoms with Crippen molar-refractivity contribution in [3.63, 3.8) is 0 Å². The summed E-state index contributed by atoms with van der Waals surface area (Å²) in [5.74, 6) is -0.227. The van der Waals surface area contributed by atoms with Gasteiger partial charge in [0.2, 0.25) is 11.8 Å². The molecule has 0 fully saturated rings. The van der Waals surface area contributed by atoms with E-state index in [0.29, 0.717) is 19.6 Å². The van der Waals surface area contributed by atoms with Crippen LogP contribution in [0.4, 0.5) is 0 Å². The Labute approximate surface area is 199 Å². The molecule has 1 unspecified atom stereocenters. The average Bonchev–Trinajstić information content (AvgIpc) is 3.18. The molecular formula is C24H33BrClN3O2. The van der Waals surface area contributed by atoms with E-state index >= 15 is 0 Å². The molecule has 2 amide bonds. The first kappa shape index (κ1) is 25.5. The highest BCUT2D eigenvalue weighted by Crippen LogP contribution is 2.15. The number of benzene rings is 1. The van der Waals surface area contributed by atoms with Crippen molar-refractivity contribution in [2.75, 3.05) is 19.6 Å². The van der Waals surface area contributed by atoms with Gasteiger partial charge in [-0.25, -0.2) is 0 Å². The lowest BCUT2D eigenvalue weighted by Gasteiger charge is -2.28. The van der Waals surface area contributed by atoms with Gasteiger partial charge in [-0.05, 0) is 49.6 Å². The number of carbonyl (C=O) groups is 2. The fourth-order valence-corrected chi connectivity index (χ4v) is 3.82. The normalized spacial score (nSPS) is 11.9. The zero-order valence-corrected chi connectivity index (χ0v) is 21.0. The first-order chi connectivity index (χ1) is 14.8. The molecule has 0 bridgehead atoms. The van der Waals surface area contributed by atoms with E-state index in [9.17, 15) is 9.59 Å². The van der Waals surface area contributed by atoms with Gasteiger partial charge in [0.25, 0.3) is 0 Å². The van der Waals surface area contributed by atoms with Crippen LogP contribution in [-0.2, 0) is 22.7 Å². The van der Waals surface area contributed by atoms with Crippen LogP contribution >= 0.6 is 27.5 Å². The maximum atomic E-state index is 13.2. The zero-order valence-electron chi connectivity index (χ0n) is 18.7. The van der Waals surface area contributed by atoms with Crippen molar-refractivity contribution >= 4 is 39.3 Å². The van der Waals surface area contributed by atoms with Gasteiger partial charge >= 0.3 is 0 Å². The Morgan fingerprint density at radius 1 is 1.06 bits per heavy atom. The fraction of sp³-hybridized carbons (Fsp3) is 0.500. The Bertz CT molecular complexity index is 836. The minimum atomic E-state index is -0.633. The minimum Gasteiger partial charge on any atom is -0.345 e. The van der Waals surface area contributed by atoms with Crippen molar-refractivity contribution in [2.45, 2.75) is 58.5 Å². The molecule has 0 aliphatic rings. The van der Waals surface area contributed by atoms with E-state index in [1.165, 1.54) is 5.56 Å². The summed E-state index contributed by atoms with van der Waals surface area (Å²) in [6.07, 6.45) is 4.75.